The fourth-order valence-electron chi connectivity index (χ4n) is 1.83. The van der Waals surface area contributed by atoms with Crippen LogP contribution < -0.4 is 11.1 Å². The number of hydrogen-bond donors (Lipinski definition) is 2. The van der Waals surface area contributed by atoms with Crippen LogP contribution in [0.1, 0.15) is 11.1 Å². The molecule has 0 heterocycles. The third-order valence-electron chi connectivity index (χ3n) is 2.95. The van der Waals surface area contributed by atoms with E-state index in [4.69, 9.17) is 5.73 Å². The van der Waals surface area contributed by atoms with Gasteiger partial charge in [-0.05, 0) is 31.0 Å². The van der Waals surface area contributed by atoms with Crippen molar-refractivity contribution in [3.05, 3.63) is 65.7 Å². The molecule has 0 aliphatic rings. The Morgan fingerprint density at radius 2 is 1.74 bits per heavy atom. The molecule has 2 rings (SSSR count). The van der Waals surface area contributed by atoms with Gasteiger partial charge in [-0.1, -0.05) is 48.0 Å². The van der Waals surface area contributed by atoms with E-state index in [1.165, 1.54) is 0 Å². The Kier molecular flexibility index (Phi) is 4.31. The molecule has 3 heteroatoms. The van der Waals surface area contributed by atoms with Crippen LogP contribution in [0.4, 0.5) is 5.69 Å². The molecule has 0 radical (unpaired) electrons. The van der Waals surface area contributed by atoms with Gasteiger partial charge in [0.15, 0.2) is 0 Å². The third kappa shape index (κ3) is 3.93. The van der Waals surface area contributed by atoms with E-state index in [-0.39, 0.29) is 5.91 Å². The Morgan fingerprint density at radius 3 is 2.37 bits per heavy atom. The third-order valence-corrected chi connectivity index (χ3v) is 2.95. The fraction of sp³-hybridized carbons (Fsp3) is 0.188. The number of anilines is 1. The number of hydrogen-bond acceptors (Lipinski definition) is 2. The lowest BCUT2D eigenvalue weighted by Crippen LogP contribution is -2.37. The van der Waals surface area contributed by atoms with Crippen LogP contribution in [-0.2, 0) is 11.2 Å². The molecule has 2 aromatic carbocycles. The predicted octanol–water partition coefficient (Wildman–Crippen LogP) is 2.50. The number of carbonyl (C=O) groups is 1. The van der Waals surface area contributed by atoms with Gasteiger partial charge in [0, 0.05) is 5.69 Å². The molecule has 0 spiro atoms. The molecule has 3 N–H and O–H groups in total. The van der Waals surface area contributed by atoms with Gasteiger partial charge < -0.3 is 11.1 Å². The molecule has 0 bridgehead atoms. The molecule has 1 atom stereocenters. The lowest BCUT2D eigenvalue weighted by Gasteiger charge is -2.12. The van der Waals surface area contributed by atoms with Crippen LogP contribution in [0.15, 0.2) is 54.6 Å². The minimum absolute atomic E-state index is 0.160. The summed E-state index contributed by atoms with van der Waals surface area (Å²) in [4.78, 5) is 12.0. The topological polar surface area (TPSA) is 55.1 Å². The van der Waals surface area contributed by atoms with Crippen molar-refractivity contribution in [2.75, 3.05) is 5.32 Å². The summed E-state index contributed by atoms with van der Waals surface area (Å²) in [6.07, 6.45) is 0.540. The van der Waals surface area contributed by atoms with Crippen molar-refractivity contribution >= 4 is 11.6 Å². The Bertz CT molecular complexity index is 534. The first kappa shape index (κ1) is 13.3. The first-order chi connectivity index (χ1) is 9.15. The summed E-state index contributed by atoms with van der Waals surface area (Å²) in [7, 11) is 0. The van der Waals surface area contributed by atoms with Gasteiger partial charge in [-0.2, -0.15) is 0 Å². The van der Waals surface area contributed by atoms with Gasteiger partial charge >= 0.3 is 0 Å². The zero-order valence-electron chi connectivity index (χ0n) is 11.0. The highest BCUT2D eigenvalue weighted by Crippen LogP contribution is 2.09. The van der Waals surface area contributed by atoms with E-state index in [0.717, 1.165) is 16.8 Å². The van der Waals surface area contributed by atoms with Gasteiger partial charge in [0.1, 0.15) is 0 Å². The van der Waals surface area contributed by atoms with E-state index in [0.29, 0.717) is 6.42 Å². The largest absolute Gasteiger partial charge is 0.325 e. The number of nitrogens with one attached hydrogen (secondary N) is 1. The molecule has 0 saturated carbocycles. The van der Waals surface area contributed by atoms with Crippen molar-refractivity contribution in [3.63, 3.8) is 0 Å². The zero-order valence-corrected chi connectivity index (χ0v) is 11.0. The van der Waals surface area contributed by atoms with Crippen molar-refractivity contribution in [1.29, 1.82) is 0 Å². The van der Waals surface area contributed by atoms with Crippen molar-refractivity contribution < 1.29 is 4.79 Å². The Morgan fingerprint density at radius 1 is 1.11 bits per heavy atom. The SMILES string of the molecule is Cc1ccc(NC(=O)[C@@H](N)Cc2ccccc2)cc1. The summed E-state index contributed by atoms with van der Waals surface area (Å²) >= 11 is 0. The van der Waals surface area contributed by atoms with Crippen molar-refractivity contribution in [2.45, 2.75) is 19.4 Å². The smallest absolute Gasteiger partial charge is 0.241 e. The second-order valence-corrected chi connectivity index (χ2v) is 4.65. The van der Waals surface area contributed by atoms with Gasteiger partial charge in [0.2, 0.25) is 5.91 Å². The lowest BCUT2D eigenvalue weighted by molar-refractivity contribution is -0.117. The van der Waals surface area contributed by atoms with E-state index in [1.807, 2.05) is 61.5 Å². The van der Waals surface area contributed by atoms with E-state index >= 15 is 0 Å². The molecule has 1 amide bonds. The van der Waals surface area contributed by atoms with Crippen LogP contribution in [0, 0.1) is 6.92 Å². The van der Waals surface area contributed by atoms with Gasteiger partial charge in [-0.25, -0.2) is 0 Å². The Balaban J connectivity index is 1.94. The zero-order chi connectivity index (χ0) is 13.7. The second kappa shape index (κ2) is 6.16. The standard InChI is InChI=1S/C16H18N2O/c1-12-7-9-14(10-8-12)18-16(19)15(17)11-13-5-3-2-4-6-13/h2-10,15H,11,17H2,1H3,(H,18,19)/t15-/m0/s1. The summed E-state index contributed by atoms with van der Waals surface area (Å²) in [5.41, 5.74) is 8.91. The van der Waals surface area contributed by atoms with Crippen LogP contribution in [0.3, 0.4) is 0 Å². The average Bonchev–Trinajstić information content (AvgIpc) is 2.42. The number of rotatable bonds is 4. The van der Waals surface area contributed by atoms with E-state index < -0.39 is 6.04 Å². The molecule has 3 nitrogen and oxygen atoms in total. The fourth-order valence-corrected chi connectivity index (χ4v) is 1.83. The first-order valence-electron chi connectivity index (χ1n) is 6.32. The highest BCUT2D eigenvalue weighted by atomic mass is 16.2. The van der Waals surface area contributed by atoms with Crippen molar-refractivity contribution in [2.24, 2.45) is 5.73 Å². The van der Waals surface area contributed by atoms with E-state index in [9.17, 15) is 4.79 Å². The molecule has 0 aromatic heterocycles. The van der Waals surface area contributed by atoms with Gasteiger partial charge in [-0.15, -0.1) is 0 Å². The van der Waals surface area contributed by atoms with E-state index in [2.05, 4.69) is 5.32 Å². The highest BCUT2D eigenvalue weighted by molar-refractivity contribution is 5.94. The Labute approximate surface area is 113 Å². The maximum atomic E-state index is 12.0. The molecule has 0 aliphatic carbocycles. The van der Waals surface area contributed by atoms with Crippen LogP contribution in [-0.4, -0.2) is 11.9 Å². The summed E-state index contributed by atoms with van der Waals surface area (Å²) in [6.45, 7) is 2.01. The van der Waals surface area contributed by atoms with Crippen molar-refractivity contribution in [1.82, 2.24) is 0 Å². The molecule has 0 unspecified atom stereocenters. The van der Waals surface area contributed by atoms with Crippen LogP contribution in [0.5, 0.6) is 0 Å². The number of amides is 1. The summed E-state index contributed by atoms with van der Waals surface area (Å²) in [5, 5.41) is 2.83. The maximum Gasteiger partial charge on any atom is 0.241 e. The molecule has 0 saturated heterocycles. The van der Waals surface area contributed by atoms with Crippen LogP contribution in [0.25, 0.3) is 0 Å². The van der Waals surface area contributed by atoms with Gasteiger partial charge in [-0.3, -0.25) is 4.79 Å². The minimum Gasteiger partial charge on any atom is -0.325 e. The molecule has 98 valence electrons. The number of benzene rings is 2. The van der Waals surface area contributed by atoms with E-state index in [1.54, 1.807) is 0 Å². The quantitative estimate of drug-likeness (QED) is 0.880. The van der Waals surface area contributed by atoms with Gasteiger partial charge in [0.25, 0.3) is 0 Å². The normalized spacial score (nSPS) is 11.9. The average molecular weight is 254 g/mol. The minimum atomic E-state index is -0.538. The molecule has 0 aliphatic heterocycles. The summed E-state index contributed by atoms with van der Waals surface area (Å²) in [6, 6.07) is 16.9. The Hall–Kier alpha value is -2.13. The summed E-state index contributed by atoms with van der Waals surface area (Å²) < 4.78 is 0. The van der Waals surface area contributed by atoms with Gasteiger partial charge in [0.05, 0.1) is 6.04 Å². The molecule has 2 aromatic rings. The predicted molar refractivity (Wildman–Crippen MR) is 77.9 cm³/mol. The number of aryl methyl sites for hydroxylation is 1. The maximum absolute atomic E-state index is 12.0. The number of carbonyl (C=O) groups excluding carboxylic acids is 1. The monoisotopic (exact) mass is 254 g/mol. The molecule has 0 fully saturated rings. The molecule has 19 heavy (non-hydrogen) atoms. The molecular formula is C16H18N2O. The number of nitrogens with two attached hydrogens (primary N) is 1. The van der Waals surface area contributed by atoms with Crippen molar-refractivity contribution in [3.8, 4) is 0 Å². The lowest BCUT2D eigenvalue weighted by atomic mass is 10.1. The highest BCUT2D eigenvalue weighted by Gasteiger charge is 2.13. The first-order valence-corrected chi connectivity index (χ1v) is 6.32. The second-order valence-electron chi connectivity index (χ2n) is 4.65. The summed E-state index contributed by atoms with van der Waals surface area (Å²) in [5.74, 6) is -0.160. The van der Waals surface area contributed by atoms with Crippen LogP contribution in [0.2, 0.25) is 0 Å². The molecular weight excluding hydrogens is 236 g/mol. The van der Waals surface area contributed by atoms with Crippen LogP contribution >= 0.6 is 0 Å².